The minimum atomic E-state index is -0.317. The fraction of sp³-hybridized carbons (Fsp3) is 0.967. The van der Waals surface area contributed by atoms with Gasteiger partial charge in [0.2, 0.25) is 0 Å². The van der Waals surface area contributed by atoms with Crippen LogP contribution in [-0.4, -0.2) is 23.8 Å². The summed E-state index contributed by atoms with van der Waals surface area (Å²) >= 11 is 0. The van der Waals surface area contributed by atoms with Gasteiger partial charge in [-0.05, 0) is 83.5 Å². The zero-order valence-corrected chi connectivity index (χ0v) is 23.5. The van der Waals surface area contributed by atoms with Gasteiger partial charge in [0.05, 0.1) is 12.2 Å². The van der Waals surface area contributed by atoms with Gasteiger partial charge in [0, 0.05) is 6.42 Å². The van der Waals surface area contributed by atoms with Crippen LogP contribution in [-0.2, 0) is 19.3 Å². The Bertz CT molecular complexity index is 554. The zero-order chi connectivity index (χ0) is 25.0. The third kappa shape index (κ3) is 11.9. The third-order valence-electron chi connectivity index (χ3n) is 8.85. The van der Waals surface area contributed by atoms with Crippen molar-refractivity contribution in [3.05, 3.63) is 0 Å². The largest absolute Gasteiger partial charge is 0.460 e. The number of carbonyl (C=O) groups is 1. The Labute approximate surface area is 211 Å². The number of hydrogen-bond donors (Lipinski definition) is 0. The van der Waals surface area contributed by atoms with Crippen molar-refractivity contribution in [1.29, 1.82) is 0 Å². The van der Waals surface area contributed by atoms with Crippen LogP contribution in [0.2, 0.25) is 0 Å². The number of hydrogen-bond acceptors (Lipinski definition) is 4. The monoisotopic (exact) mass is 480 g/mol. The fourth-order valence-electron chi connectivity index (χ4n) is 5.53. The van der Waals surface area contributed by atoms with Gasteiger partial charge in [0.15, 0.2) is 0 Å². The molecule has 0 unspecified atom stereocenters. The molecular weight excluding hydrogens is 424 g/mol. The first-order chi connectivity index (χ1) is 16.1. The highest BCUT2D eigenvalue weighted by atomic mass is 17.2. The standard InChI is InChI=1S/C30H56O4/c1-7-29(3,4)33-28(31)23-27-19-17-25(18-20-27)12-10-9-11-24-13-15-26(16-14-24)21-22-32-34-30(5,6)8-2/h24-27H,7-23H2,1-6H3. The number of esters is 1. The first-order valence-electron chi connectivity index (χ1n) is 14.6. The van der Waals surface area contributed by atoms with Gasteiger partial charge >= 0.3 is 5.97 Å². The van der Waals surface area contributed by atoms with Crippen LogP contribution in [0.15, 0.2) is 0 Å². The predicted molar refractivity (Wildman–Crippen MR) is 140 cm³/mol. The van der Waals surface area contributed by atoms with E-state index in [0.717, 1.165) is 43.6 Å². The van der Waals surface area contributed by atoms with E-state index in [1.807, 2.05) is 13.8 Å². The van der Waals surface area contributed by atoms with Crippen molar-refractivity contribution in [3.8, 4) is 0 Å². The molecule has 0 radical (unpaired) electrons. The maximum absolute atomic E-state index is 12.2. The molecule has 0 aromatic rings. The molecule has 2 aliphatic carbocycles. The van der Waals surface area contributed by atoms with E-state index in [9.17, 15) is 4.79 Å². The molecule has 2 aliphatic rings. The molecular formula is C30H56O4. The summed E-state index contributed by atoms with van der Waals surface area (Å²) in [6.07, 6.45) is 19.8. The highest BCUT2D eigenvalue weighted by Gasteiger charge is 2.27. The first-order valence-corrected chi connectivity index (χ1v) is 14.6. The summed E-state index contributed by atoms with van der Waals surface area (Å²) in [6, 6.07) is 0. The van der Waals surface area contributed by atoms with E-state index in [0.29, 0.717) is 12.3 Å². The number of rotatable bonds is 15. The van der Waals surface area contributed by atoms with E-state index < -0.39 is 0 Å². The van der Waals surface area contributed by atoms with Gasteiger partial charge in [-0.3, -0.25) is 4.79 Å². The molecule has 2 fully saturated rings. The molecule has 4 heteroatoms. The Morgan fingerprint density at radius 2 is 1.12 bits per heavy atom. The minimum absolute atomic E-state index is 0.00585. The van der Waals surface area contributed by atoms with Gasteiger partial charge in [-0.2, -0.15) is 0 Å². The summed E-state index contributed by atoms with van der Waals surface area (Å²) in [5, 5.41) is 0. The molecule has 0 atom stereocenters. The van der Waals surface area contributed by atoms with Gasteiger partial charge in [0.1, 0.15) is 5.60 Å². The second kappa shape index (κ2) is 14.8. The summed E-state index contributed by atoms with van der Waals surface area (Å²) < 4.78 is 5.65. The van der Waals surface area contributed by atoms with E-state index in [-0.39, 0.29) is 17.2 Å². The van der Waals surface area contributed by atoms with Crippen LogP contribution in [0.1, 0.15) is 144 Å². The Morgan fingerprint density at radius 1 is 0.676 bits per heavy atom. The quantitative estimate of drug-likeness (QED) is 0.102. The van der Waals surface area contributed by atoms with Gasteiger partial charge < -0.3 is 4.74 Å². The second-order valence-electron chi connectivity index (χ2n) is 12.7. The lowest BCUT2D eigenvalue weighted by Crippen LogP contribution is -2.28. The summed E-state index contributed by atoms with van der Waals surface area (Å²) in [5.41, 5.74) is -0.487. The molecule has 2 rings (SSSR count). The average molecular weight is 481 g/mol. The van der Waals surface area contributed by atoms with E-state index >= 15 is 0 Å². The summed E-state index contributed by atoms with van der Waals surface area (Å²) in [5.74, 6) is 3.20. The molecule has 0 spiro atoms. The van der Waals surface area contributed by atoms with Gasteiger partial charge in [-0.1, -0.05) is 78.1 Å². The molecule has 0 heterocycles. The summed E-state index contributed by atoms with van der Waals surface area (Å²) in [4.78, 5) is 23.2. The Hall–Kier alpha value is -0.610. The highest BCUT2D eigenvalue weighted by Crippen LogP contribution is 2.36. The van der Waals surface area contributed by atoms with E-state index in [1.165, 1.54) is 77.0 Å². The molecule has 0 aromatic carbocycles. The fourth-order valence-corrected chi connectivity index (χ4v) is 5.53. The topological polar surface area (TPSA) is 44.8 Å². The smallest absolute Gasteiger partial charge is 0.306 e. The number of ether oxygens (including phenoxy) is 1. The van der Waals surface area contributed by atoms with Crippen molar-refractivity contribution in [2.24, 2.45) is 23.7 Å². The maximum Gasteiger partial charge on any atom is 0.306 e. The molecule has 200 valence electrons. The van der Waals surface area contributed by atoms with Crippen molar-refractivity contribution >= 4 is 5.97 Å². The average Bonchev–Trinajstić information content (AvgIpc) is 2.81. The Morgan fingerprint density at radius 3 is 1.59 bits per heavy atom. The van der Waals surface area contributed by atoms with Crippen molar-refractivity contribution < 1.29 is 19.3 Å². The predicted octanol–water partition coefficient (Wildman–Crippen LogP) is 8.81. The lowest BCUT2D eigenvalue weighted by molar-refractivity contribution is -0.354. The van der Waals surface area contributed by atoms with Crippen molar-refractivity contribution in [1.82, 2.24) is 0 Å². The SMILES string of the molecule is CCC(C)(C)OOCCC1CCC(CCCCC2CCC(CC(=O)OC(C)(C)CC)CC2)CC1. The number of carbonyl (C=O) groups excluding carboxylic acids is 1. The van der Waals surface area contributed by atoms with Crippen molar-refractivity contribution in [2.45, 2.75) is 155 Å². The molecule has 4 nitrogen and oxygen atoms in total. The van der Waals surface area contributed by atoms with Crippen LogP contribution in [0.25, 0.3) is 0 Å². The van der Waals surface area contributed by atoms with Crippen molar-refractivity contribution in [2.75, 3.05) is 6.61 Å². The molecule has 2 saturated carbocycles. The minimum Gasteiger partial charge on any atom is -0.460 e. The molecule has 0 N–H and O–H groups in total. The van der Waals surface area contributed by atoms with E-state index in [1.54, 1.807) is 0 Å². The summed E-state index contributed by atoms with van der Waals surface area (Å²) in [7, 11) is 0. The molecule has 34 heavy (non-hydrogen) atoms. The van der Waals surface area contributed by atoms with Crippen LogP contribution in [0.4, 0.5) is 0 Å². The zero-order valence-electron chi connectivity index (χ0n) is 23.5. The van der Waals surface area contributed by atoms with Crippen molar-refractivity contribution in [3.63, 3.8) is 0 Å². The molecule has 0 bridgehead atoms. The lowest BCUT2D eigenvalue weighted by atomic mass is 9.77. The highest BCUT2D eigenvalue weighted by molar-refractivity contribution is 5.70. The van der Waals surface area contributed by atoms with Crippen LogP contribution in [0.5, 0.6) is 0 Å². The Kier molecular flexibility index (Phi) is 12.9. The van der Waals surface area contributed by atoms with Crippen LogP contribution >= 0.6 is 0 Å². The summed E-state index contributed by atoms with van der Waals surface area (Å²) in [6.45, 7) is 13.1. The van der Waals surface area contributed by atoms with E-state index in [4.69, 9.17) is 14.5 Å². The van der Waals surface area contributed by atoms with Gasteiger partial charge in [-0.15, -0.1) is 0 Å². The van der Waals surface area contributed by atoms with Gasteiger partial charge in [-0.25, -0.2) is 9.78 Å². The molecule has 0 saturated heterocycles. The van der Waals surface area contributed by atoms with E-state index in [2.05, 4.69) is 27.7 Å². The van der Waals surface area contributed by atoms with Gasteiger partial charge in [0.25, 0.3) is 0 Å². The number of unbranched alkanes of at least 4 members (excludes halogenated alkanes) is 1. The molecule has 0 amide bonds. The lowest BCUT2D eigenvalue weighted by Gasteiger charge is -2.30. The van der Waals surface area contributed by atoms with Crippen LogP contribution in [0.3, 0.4) is 0 Å². The normalized spacial score (nSPS) is 26.4. The molecule has 0 aliphatic heterocycles. The van der Waals surface area contributed by atoms with Crippen LogP contribution < -0.4 is 0 Å². The maximum atomic E-state index is 12.2. The third-order valence-corrected chi connectivity index (χ3v) is 8.85. The van der Waals surface area contributed by atoms with Crippen LogP contribution in [0, 0.1) is 23.7 Å². The first kappa shape index (κ1) is 29.6. The Balaban J connectivity index is 1.47. The molecule has 0 aromatic heterocycles. The second-order valence-corrected chi connectivity index (χ2v) is 12.7.